The van der Waals surface area contributed by atoms with Gasteiger partial charge in [-0.3, -0.25) is 0 Å². The predicted molar refractivity (Wildman–Crippen MR) is 87.1 cm³/mol. The average molecular weight is 330 g/mol. The number of alkyl halides is 1. The van der Waals surface area contributed by atoms with Crippen molar-refractivity contribution >= 4 is 21.6 Å². The highest BCUT2D eigenvalue weighted by Crippen LogP contribution is 2.29. The third kappa shape index (κ3) is 3.43. The van der Waals surface area contributed by atoms with Crippen molar-refractivity contribution in [3.8, 4) is 0 Å². The van der Waals surface area contributed by atoms with Gasteiger partial charge in [0.1, 0.15) is 0 Å². The van der Waals surface area contributed by atoms with Crippen molar-refractivity contribution in [1.29, 1.82) is 0 Å². The van der Waals surface area contributed by atoms with Gasteiger partial charge in [0.25, 0.3) is 0 Å². The second-order valence-corrected chi connectivity index (χ2v) is 8.21. The molecule has 0 spiro atoms. The maximum atomic E-state index is 13.0. The van der Waals surface area contributed by atoms with E-state index in [4.69, 9.17) is 11.6 Å². The fraction of sp³-hybridized carbons (Fsp3) is 0.625. The summed E-state index contributed by atoms with van der Waals surface area (Å²) in [6.07, 6.45) is 1.63. The minimum Gasteiger partial charge on any atom is -0.207 e. The number of nitrogens with zero attached hydrogens (tertiary/aromatic N) is 1. The Hall–Kier alpha value is -0.580. The molecule has 2 atom stereocenters. The van der Waals surface area contributed by atoms with Crippen molar-refractivity contribution in [3.63, 3.8) is 0 Å². The fourth-order valence-electron chi connectivity index (χ4n) is 2.80. The van der Waals surface area contributed by atoms with Crippen LogP contribution in [0.5, 0.6) is 0 Å². The minimum atomic E-state index is -3.42. The third-order valence-corrected chi connectivity index (χ3v) is 6.84. The van der Waals surface area contributed by atoms with Gasteiger partial charge in [0.05, 0.1) is 4.90 Å². The summed E-state index contributed by atoms with van der Waals surface area (Å²) in [6, 6.07) is 5.54. The largest absolute Gasteiger partial charge is 0.243 e. The van der Waals surface area contributed by atoms with Gasteiger partial charge in [-0.2, -0.15) is 4.31 Å². The summed E-state index contributed by atoms with van der Waals surface area (Å²) < 4.78 is 27.6. The molecule has 0 aromatic heterocycles. The Kier molecular flexibility index (Phi) is 5.33. The Morgan fingerprint density at radius 1 is 1.29 bits per heavy atom. The fourth-order valence-corrected chi connectivity index (χ4v) is 4.86. The van der Waals surface area contributed by atoms with E-state index < -0.39 is 10.0 Å². The number of sulfonamides is 1. The van der Waals surface area contributed by atoms with Crippen LogP contribution in [0.1, 0.15) is 38.3 Å². The molecule has 0 aliphatic carbocycles. The van der Waals surface area contributed by atoms with Gasteiger partial charge in [0.15, 0.2) is 0 Å². The Balaban J connectivity index is 2.39. The summed E-state index contributed by atoms with van der Waals surface area (Å²) in [5.74, 6) is 1.31. The predicted octanol–water partition coefficient (Wildman–Crippen LogP) is 3.65. The first-order valence-corrected chi connectivity index (χ1v) is 9.55. The molecule has 0 amide bonds. The summed E-state index contributed by atoms with van der Waals surface area (Å²) in [6.45, 7) is 7.53. The Morgan fingerprint density at radius 3 is 2.57 bits per heavy atom. The average Bonchev–Trinajstić information content (AvgIpc) is 2.49. The van der Waals surface area contributed by atoms with Crippen molar-refractivity contribution in [2.45, 2.75) is 44.4 Å². The first-order valence-electron chi connectivity index (χ1n) is 7.58. The molecule has 1 aromatic rings. The molecule has 0 bridgehead atoms. The molecule has 2 rings (SSSR count). The molecule has 1 saturated heterocycles. The highest BCUT2D eigenvalue weighted by molar-refractivity contribution is 7.89. The number of benzene rings is 1. The zero-order chi connectivity index (χ0) is 15.6. The van der Waals surface area contributed by atoms with Crippen molar-refractivity contribution in [2.75, 3.05) is 13.1 Å². The number of halogens is 1. The molecular weight excluding hydrogens is 306 g/mol. The summed E-state index contributed by atoms with van der Waals surface area (Å²) in [5.41, 5.74) is 1.72. The molecule has 1 heterocycles. The van der Waals surface area contributed by atoms with Crippen LogP contribution in [0.4, 0.5) is 0 Å². The Labute approximate surface area is 133 Å². The molecule has 1 fully saturated rings. The van der Waals surface area contributed by atoms with E-state index in [1.165, 1.54) is 0 Å². The van der Waals surface area contributed by atoms with E-state index >= 15 is 0 Å². The van der Waals surface area contributed by atoms with E-state index in [9.17, 15) is 8.42 Å². The molecule has 1 aliphatic heterocycles. The van der Waals surface area contributed by atoms with E-state index in [-0.39, 0.29) is 0 Å². The smallest absolute Gasteiger partial charge is 0.207 e. The van der Waals surface area contributed by atoms with Gasteiger partial charge in [-0.05, 0) is 41.9 Å². The van der Waals surface area contributed by atoms with Gasteiger partial charge in [0, 0.05) is 19.0 Å². The lowest BCUT2D eigenvalue weighted by atomic mass is 9.90. The maximum Gasteiger partial charge on any atom is 0.243 e. The van der Waals surface area contributed by atoms with Crippen LogP contribution in [-0.2, 0) is 22.3 Å². The van der Waals surface area contributed by atoms with Gasteiger partial charge >= 0.3 is 0 Å². The molecule has 5 heteroatoms. The van der Waals surface area contributed by atoms with Crippen LogP contribution in [-0.4, -0.2) is 25.8 Å². The standard InChI is InChI=1S/C16H24ClNO2S/c1-4-15-6-5-14(10-17)9-16(15)21(19,20)18-8-7-12(2)13(3)11-18/h5-6,9,12-13H,4,7-8,10-11H2,1-3H3. The lowest BCUT2D eigenvalue weighted by Gasteiger charge is -2.34. The van der Waals surface area contributed by atoms with Crippen molar-refractivity contribution < 1.29 is 8.42 Å². The van der Waals surface area contributed by atoms with Crippen molar-refractivity contribution in [1.82, 2.24) is 4.31 Å². The van der Waals surface area contributed by atoms with E-state index in [0.717, 1.165) is 17.5 Å². The van der Waals surface area contributed by atoms with Crippen LogP contribution in [0.2, 0.25) is 0 Å². The van der Waals surface area contributed by atoms with Gasteiger partial charge in [-0.15, -0.1) is 11.6 Å². The molecule has 1 aliphatic rings. The molecule has 3 nitrogen and oxygen atoms in total. The van der Waals surface area contributed by atoms with Crippen LogP contribution in [0, 0.1) is 11.8 Å². The first-order chi connectivity index (χ1) is 9.90. The van der Waals surface area contributed by atoms with E-state index in [2.05, 4.69) is 13.8 Å². The maximum absolute atomic E-state index is 13.0. The number of hydrogen-bond donors (Lipinski definition) is 0. The molecular formula is C16H24ClNO2S. The summed E-state index contributed by atoms with van der Waals surface area (Å²) >= 11 is 5.86. The third-order valence-electron chi connectivity index (χ3n) is 4.58. The number of piperidine rings is 1. The normalized spacial score (nSPS) is 24.2. The van der Waals surface area contributed by atoms with Crippen LogP contribution >= 0.6 is 11.6 Å². The van der Waals surface area contributed by atoms with Gasteiger partial charge < -0.3 is 0 Å². The Morgan fingerprint density at radius 2 is 2.00 bits per heavy atom. The van der Waals surface area contributed by atoms with Crippen molar-refractivity contribution in [3.05, 3.63) is 29.3 Å². The molecule has 118 valence electrons. The number of rotatable bonds is 4. The van der Waals surface area contributed by atoms with Gasteiger partial charge in [-0.25, -0.2) is 8.42 Å². The van der Waals surface area contributed by atoms with E-state index in [0.29, 0.717) is 42.1 Å². The lowest BCUT2D eigenvalue weighted by Crippen LogP contribution is -2.42. The summed E-state index contributed by atoms with van der Waals surface area (Å²) in [4.78, 5) is 0.435. The van der Waals surface area contributed by atoms with E-state index in [1.807, 2.05) is 19.1 Å². The lowest BCUT2D eigenvalue weighted by molar-refractivity contribution is 0.212. The van der Waals surface area contributed by atoms with Gasteiger partial charge in [-0.1, -0.05) is 32.9 Å². The number of hydrogen-bond acceptors (Lipinski definition) is 2. The number of aryl methyl sites for hydroxylation is 1. The van der Waals surface area contributed by atoms with Crippen molar-refractivity contribution in [2.24, 2.45) is 11.8 Å². The minimum absolute atomic E-state index is 0.333. The van der Waals surface area contributed by atoms with E-state index in [1.54, 1.807) is 10.4 Å². The van der Waals surface area contributed by atoms with Crippen LogP contribution in [0.15, 0.2) is 23.1 Å². The monoisotopic (exact) mass is 329 g/mol. The Bertz CT molecular complexity index is 600. The molecule has 2 unspecified atom stereocenters. The zero-order valence-corrected chi connectivity index (χ0v) is 14.5. The van der Waals surface area contributed by atoms with Crippen LogP contribution < -0.4 is 0 Å². The highest BCUT2D eigenvalue weighted by Gasteiger charge is 2.32. The van der Waals surface area contributed by atoms with Crippen LogP contribution in [0.3, 0.4) is 0 Å². The molecule has 1 aromatic carbocycles. The molecule has 0 radical (unpaired) electrons. The molecule has 0 N–H and O–H groups in total. The first kappa shape index (κ1) is 16.8. The van der Waals surface area contributed by atoms with Gasteiger partial charge in [0.2, 0.25) is 10.0 Å². The summed E-state index contributed by atoms with van der Waals surface area (Å²) in [5, 5.41) is 0. The summed E-state index contributed by atoms with van der Waals surface area (Å²) in [7, 11) is -3.42. The molecule has 21 heavy (non-hydrogen) atoms. The second kappa shape index (κ2) is 6.67. The zero-order valence-electron chi connectivity index (χ0n) is 13.0. The molecule has 0 saturated carbocycles. The second-order valence-electron chi connectivity index (χ2n) is 6.04. The highest BCUT2D eigenvalue weighted by atomic mass is 35.5. The SMILES string of the molecule is CCc1ccc(CCl)cc1S(=O)(=O)N1CCC(C)C(C)C1. The van der Waals surface area contributed by atoms with Crippen LogP contribution in [0.25, 0.3) is 0 Å². The topological polar surface area (TPSA) is 37.4 Å². The quantitative estimate of drug-likeness (QED) is 0.791.